The van der Waals surface area contributed by atoms with Crippen molar-refractivity contribution in [1.82, 2.24) is 15.0 Å². The van der Waals surface area contributed by atoms with Crippen LogP contribution in [0.15, 0.2) is 52.1 Å². The standard InChI is InChI=1S/C22H23ClN4O2S/c1-15-18(16(2)29-25-15)14-30-21-17(6-5-9-24-21)22(28)27-12-10-26(11-13-27)20-8-4-3-7-19(20)23/h3-9H,10-14H2,1-2H3. The number of para-hydroxylation sites is 1. The molecule has 1 amide bonds. The number of anilines is 1. The molecular weight excluding hydrogens is 420 g/mol. The van der Waals surface area contributed by atoms with Crippen LogP contribution in [0.2, 0.25) is 5.02 Å². The van der Waals surface area contributed by atoms with Crippen molar-refractivity contribution in [3.05, 3.63) is 70.2 Å². The van der Waals surface area contributed by atoms with Crippen LogP contribution in [0, 0.1) is 13.8 Å². The molecule has 30 heavy (non-hydrogen) atoms. The van der Waals surface area contributed by atoms with Gasteiger partial charge >= 0.3 is 0 Å². The van der Waals surface area contributed by atoms with Gasteiger partial charge in [-0.05, 0) is 38.1 Å². The van der Waals surface area contributed by atoms with E-state index in [1.807, 2.05) is 55.1 Å². The molecule has 1 saturated heterocycles. The van der Waals surface area contributed by atoms with E-state index < -0.39 is 0 Å². The van der Waals surface area contributed by atoms with Crippen LogP contribution in [0.4, 0.5) is 5.69 Å². The summed E-state index contributed by atoms with van der Waals surface area (Å²) in [7, 11) is 0. The number of hydrogen-bond acceptors (Lipinski definition) is 6. The Bertz CT molecular complexity index is 1030. The number of aromatic nitrogens is 2. The SMILES string of the molecule is Cc1noc(C)c1CSc1ncccc1C(=O)N1CCN(c2ccccc2Cl)CC1. The fourth-order valence-corrected chi connectivity index (χ4v) is 4.94. The number of thioether (sulfide) groups is 1. The second-order valence-electron chi connectivity index (χ2n) is 7.18. The van der Waals surface area contributed by atoms with Gasteiger partial charge in [0.2, 0.25) is 0 Å². The lowest BCUT2D eigenvalue weighted by Gasteiger charge is -2.36. The summed E-state index contributed by atoms with van der Waals surface area (Å²) in [5.74, 6) is 1.49. The summed E-state index contributed by atoms with van der Waals surface area (Å²) >= 11 is 7.87. The molecule has 1 aliphatic heterocycles. The van der Waals surface area contributed by atoms with Crippen LogP contribution >= 0.6 is 23.4 Å². The molecule has 0 spiro atoms. The second-order valence-corrected chi connectivity index (χ2v) is 8.55. The predicted octanol–water partition coefficient (Wildman–Crippen LogP) is 4.59. The van der Waals surface area contributed by atoms with Gasteiger partial charge in [-0.1, -0.05) is 28.9 Å². The molecule has 1 aromatic carbocycles. The second kappa shape index (κ2) is 9.10. The van der Waals surface area contributed by atoms with E-state index in [9.17, 15) is 4.79 Å². The smallest absolute Gasteiger partial charge is 0.256 e. The molecule has 3 heterocycles. The van der Waals surface area contributed by atoms with Crippen LogP contribution in [0.3, 0.4) is 0 Å². The quantitative estimate of drug-likeness (QED) is 0.538. The van der Waals surface area contributed by atoms with Gasteiger partial charge in [-0.3, -0.25) is 4.79 Å². The highest BCUT2D eigenvalue weighted by Crippen LogP contribution is 2.29. The molecule has 0 atom stereocenters. The summed E-state index contributed by atoms with van der Waals surface area (Å²) in [6.07, 6.45) is 1.72. The van der Waals surface area contributed by atoms with E-state index in [0.29, 0.717) is 24.4 Å². The van der Waals surface area contributed by atoms with Crippen molar-refractivity contribution < 1.29 is 9.32 Å². The summed E-state index contributed by atoms with van der Waals surface area (Å²) in [6, 6.07) is 11.5. The van der Waals surface area contributed by atoms with E-state index in [0.717, 1.165) is 45.8 Å². The normalized spacial score (nSPS) is 14.2. The number of hydrogen-bond donors (Lipinski definition) is 0. The van der Waals surface area contributed by atoms with Gasteiger partial charge in [0.05, 0.1) is 22.0 Å². The maximum absolute atomic E-state index is 13.2. The van der Waals surface area contributed by atoms with Crippen LogP contribution in [0.1, 0.15) is 27.4 Å². The summed E-state index contributed by atoms with van der Waals surface area (Å²) < 4.78 is 5.24. The van der Waals surface area contributed by atoms with Crippen molar-refractivity contribution in [2.75, 3.05) is 31.1 Å². The van der Waals surface area contributed by atoms with E-state index in [4.69, 9.17) is 16.1 Å². The minimum Gasteiger partial charge on any atom is -0.367 e. The molecule has 0 saturated carbocycles. The number of rotatable bonds is 5. The Kier molecular flexibility index (Phi) is 6.29. The van der Waals surface area contributed by atoms with E-state index in [1.165, 1.54) is 11.8 Å². The van der Waals surface area contributed by atoms with Gasteiger partial charge in [0, 0.05) is 43.7 Å². The Morgan fingerprint density at radius 2 is 1.90 bits per heavy atom. The lowest BCUT2D eigenvalue weighted by atomic mass is 10.2. The third-order valence-corrected chi connectivity index (χ3v) is 6.65. The first kappa shape index (κ1) is 20.8. The highest BCUT2D eigenvalue weighted by atomic mass is 35.5. The van der Waals surface area contributed by atoms with Gasteiger partial charge in [0.1, 0.15) is 10.8 Å². The van der Waals surface area contributed by atoms with E-state index in [-0.39, 0.29) is 5.91 Å². The van der Waals surface area contributed by atoms with Crippen LogP contribution in [-0.4, -0.2) is 47.1 Å². The van der Waals surface area contributed by atoms with Gasteiger partial charge in [0.15, 0.2) is 0 Å². The molecular formula is C22H23ClN4O2S. The summed E-state index contributed by atoms with van der Waals surface area (Å²) in [5, 5.41) is 5.47. The Morgan fingerprint density at radius 3 is 2.60 bits per heavy atom. The maximum atomic E-state index is 13.2. The minimum absolute atomic E-state index is 0.0168. The minimum atomic E-state index is 0.0168. The summed E-state index contributed by atoms with van der Waals surface area (Å²) in [5.41, 5.74) is 3.58. The van der Waals surface area contributed by atoms with E-state index >= 15 is 0 Å². The highest BCUT2D eigenvalue weighted by Gasteiger charge is 2.25. The fourth-order valence-electron chi connectivity index (χ4n) is 3.55. The molecule has 0 radical (unpaired) electrons. The molecule has 0 bridgehead atoms. The zero-order valence-electron chi connectivity index (χ0n) is 17.0. The predicted molar refractivity (Wildman–Crippen MR) is 119 cm³/mol. The van der Waals surface area contributed by atoms with Gasteiger partial charge in [0.25, 0.3) is 5.91 Å². The van der Waals surface area contributed by atoms with Crippen molar-refractivity contribution in [1.29, 1.82) is 0 Å². The molecule has 3 aromatic rings. The lowest BCUT2D eigenvalue weighted by molar-refractivity contribution is 0.0742. The first-order valence-electron chi connectivity index (χ1n) is 9.83. The molecule has 0 N–H and O–H groups in total. The number of piperazine rings is 1. The first-order chi connectivity index (χ1) is 14.5. The molecule has 4 rings (SSSR count). The van der Waals surface area contributed by atoms with Gasteiger partial charge in [-0.15, -0.1) is 11.8 Å². The summed E-state index contributed by atoms with van der Waals surface area (Å²) in [6.45, 7) is 6.61. The Hall–Kier alpha value is -2.51. The monoisotopic (exact) mass is 442 g/mol. The lowest BCUT2D eigenvalue weighted by Crippen LogP contribution is -2.49. The number of carbonyl (C=O) groups excluding carboxylic acids is 1. The molecule has 1 aliphatic rings. The number of pyridine rings is 1. The fraction of sp³-hybridized carbons (Fsp3) is 0.318. The Morgan fingerprint density at radius 1 is 1.13 bits per heavy atom. The van der Waals surface area contributed by atoms with Crippen LogP contribution < -0.4 is 4.90 Å². The number of halogens is 1. The van der Waals surface area contributed by atoms with Gasteiger partial charge < -0.3 is 14.3 Å². The van der Waals surface area contributed by atoms with Crippen LogP contribution in [-0.2, 0) is 5.75 Å². The number of aryl methyl sites for hydroxylation is 2. The Labute approximate surface area is 185 Å². The molecule has 156 valence electrons. The molecule has 1 fully saturated rings. The topological polar surface area (TPSA) is 62.5 Å². The van der Waals surface area contributed by atoms with Crippen molar-refractivity contribution in [3.8, 4) is 0 Å². The third-order valence-electron chi connectivity index (χ3n) is 5.30. The van der Waals surface area contributed by atoms with Crippen molar-refractivity contribution in [2.24, 2.45) is 0 Å². The average molecular weight is 443 g/mol. The summed E-state index contributed by atoms with van der Waals surface area (Å²) in [4.78, 5) is 21.8. The number of benzene rings is 1. The molecule has 8 heteroatoms. The van der Waals surface area contributed by atoms with Crippen molar-refractivity contribution >= 4 is 35.0 Å². The zero-order valence-corrected chi connectivity index (χ0v) is 18.5. The van der Waals surface area contributed by atoms with E-state index in [2.05, 4.69) is 15.0 Å². The van der Waals surface area contributed by atoms with Crippen molar-refractivity contribution in [3.63, 3.8) is 0 Å². The van der Waals surface area contributed by atoms with Crippen molar-refractivity contribution in [2.45, 2.75) is 24.6 Å². The first-order valence-corrected chi connectivity index (χ1v) is 11.2. The van der Waals surface area contributed by atoms with Crippen LogP contribution in [0.25, 0.3) is 0 Å². The van der Waals surface area contributed by atoms with Gasteiger partial charge in [-0.2, -0.15) is 0 Å². The maximum Gasteiger partial charge on any atom is 0.256 e. The molecule has 6 nitrogen and oxygen atoms in total. The molecule has 2 aromatic heterocycles. The zero-order chi connectivity index (χ0) is 21.1. The largest absolute Gasteiger partial charge is 0.367 e. The highest BCUT2D eigenvalue weighted by molar-refractivity contribution is 7.98. The molecule has 0 aliphatic carbocycles. The Balaban J connectivity index is 1.44. The van der Waals surface area contributed by atoms with E-state index in [1.54, 1.807) is 6.20 Å². The van der Waals surface area contributed by atoms with Crippen LogP contribution in [0.5, 0.6) is 0 Å². The average Bonchev–Trinajstić information content (AvgIpc) is 3.10. The third kappa shape index (κ3) is 4.32. The number of carbonyl (C=O) groups is 1. The number of nitrogens with zero attached hydrogens (tertiary/aromatic N) is 4. The van der Waals surface area contributed by atoms with Gasteiger partial charge in [-0.25, -0.2) is 4.98 Å². The number of amides is 1. The molecule has 0 unspecified atom stereocenters.